The van der Waals surface area contributed by atoms with Gasteiger partial charge in [-0.05, 0) is 55.5 Å². The van der Waals surface area contributed by atoms with E-state index in [1.807, 2.05) is 31.2 Å². The Morgan fingerprint density at radius 1 is 0.800 bits per heavy atom. The van der Waals surface area contributed by atoms with Gasteiger partial charge in [-0.2, -0.15) is 0 Å². The van der Waals surface area contributed by atoms with Crippen LogP contribution in [0.1, 0.15) is 26.4 Å². The van der Waals surface area contributed by atoms with Crippen LogP contribution in [0, 0.1) is 6.92 Å². The van der Waals surface area contributed by atoms with Gasteiger partial charge < -0.3 is 4.42 Å². The average Bonchev–Trinajstić information content (AvgIpc) is 3.28. The topological polar surface area (TPSA) is 110 Å². The highest BCUT2D eigenvalue weighted by atomic mass is 16.4. The van der Waals surface area contributed by atoms with Gasteiger partial charge in [0, 0.05) is 22.9 Å². The van der Waals surface area contributed by atoms with Gasteiger partial charge >= 0.3 is 0 Å². The fraction of sp³-hybridized carbons (Fsp3) is 0.0455. The molecule has 0 aliphatic heterocycles. The van der Waals surface area contributed by atoms with E-state index >= 15 is 0 Å². The van der Waals surface area contributed by atoms with Crippen LogP contribution in [-0.4, -0.2) is 27.0 Å². The summed E-state index contributed by atoms with van der Waals surface area (Å²) in [6, 6.07) is 19.3. The number of aromatic nitrogens is 3. The lowest BCUT2D eigenvalue weighted by Gasteiger charge is -2.07. The number of nitrogens with zero attached hydrogens (tertiary/aromatic N) is 3. The number of hydrazine groups is 1. The zero-order chi connectivity index (χ0) is 20.9. The minimum atomic E-state index is -0.505. The van der Waals surface area contributed by atoms with E-state index in [0.29, 0.717) is 22.9 Å². The highest BCUT2D eigenvalue weighted by Gasteiger charge is 2.13. The van der Waals surface area contributed by atoms with Crippen molar-refractivity contribution in [3.05, 3.63) is 89.7 Å². The van der Waals surface area contributed by atoms with Gasteiger partial charge in [0.25, 0.3) is 11.8 Å². The number of amides is 2. The largest absolute Gasteiger partial charge is 0.416 e. The zero-order valence-electron chi connectivity index (χ0n) is 16.0. The maximum Gasteiger partial charge on any atom is 0.288 e. The van der Waals surface area contributed by atoms with E-state index in [4.69, 9.17) is 4.42 Å². The molecule has 0 radical (unpaired) electrons. The number of rotatable bonds is 4. The van der Waals surface area contributed by atoms with Crippen LogP contribution in [0.5, 0.6) is 0 Å². The highest BCUT2D eigenvalue weighted by molar-refractivity contribution is 5.98. The number of benzene rings is 2. The van der Waals surface area contributed by atoms with Gasteiger partial charge in [0.05, 0.1) is 0 Å². The maximum absolute atomic E-state index is 12.3. The quantitative estimate of drug-likeness (QED) is 0.510. The predicted molar refractivity (Wildman–Crippen MR) is 109 cm³/mol. The maximum atomic E-state index is 12.3. The molecule has 8 nitrogen and oxygen atoms in total. The number of hydrogen-bond acceptors (Lipinski definition) is 6. The van der Waals surface area contributed by atoms with Crippen LogP contribution >= 0.6 is 0 Å². The summed E-state index contributed by atoms with van der Waals surface area (Å²) in [5.74, 6) is -0.193. The molecule has 0 atom stereocenters. The Morgan fingerprint density at radius 3 is 2.23 bits per heavy atom. The molecule has 2 heterocycles. The Hall–Kier alpha value is -4.33. The summed E-state index contributed by atoms with van der Waals surface area (Å²) >= 11 is 0. The summed E-state index contributed by atoms with van der Waals surface area (Å²) in [6.07, 6.45) is 1.50. The van der Waals surface area contributed by atoms with Gasteiger partial charge in [-0.25, -0.2) is 0 Å². The zero-order valence-corrected chi connectivity index (χ0v) is 16.0. The predicted octanol–water partition coefficient (Wildman–Crippen LogP) is 3.18. The van der Waals surface area contributed by atoms with Gasteiger partial charge in [-0.3, -0.25) is 25.4 Å². The van der Waals surface area contributed by atoms with E-state index in [0.717, 1.165) is 11.1 Å². The lowest BCUT2D eigenvalue weighted by atomic mass is 10.1. The second-order valence-corrected chi connectivity index (χ2v) is 6.48. The van der Waals surface area contributed by atoms with Crippen LogP contribution in [0.15, 0.2) is 77.3 Å². The first-order valence-electron chi connectivity index (χ1n) is 9.13. The first kappa shape index (κ1) is 19.0. The Bertz CT molecular complexity index is 1190. The molecule has 0 aliphatic carbocycles. The molecular weight excluding hydrogens is 382 g/mol. The van der Waals surface area contributed by atoms with Crippen LogP contribution in [0.2, 0.25) is 0 Å². The second-order valence-electron chi connectivity index (χ2n) is 6.48. The minimum Gasteiger partial charge on any atom is -0.416 e. The summed E-state index contributed by atoms with van der Waals surface area (Å²) < 4.78 is 5.75. The lowest BCUT2D eigenvalue weighted by molar-refractivity contribution is 0.0844. The number of pyridine rings is 1. The van der Waals surface area contributed by atoms with Gasteiger partial charge in [0.2, 0.25) is 11.8 Å². The van der Waals surface area contributed by atoms with Crippen molar-refractivity contribution in [1.29, 1.82) is 0 Å². The molecule has 30 heavy (non-hydrogen) atoms. The number of carbonyl (C=O) groups is 2. The van der Waals surface area contributed by atoms with E-state index in [1.165, 1.54) is 6.20 Å². The number of aryl methyl sites for hydroxylation is 1. The van der Waals surface area contributed by atoms with Crippen LogP contribution < -0.4 is 10.9 Å². The van der Waals surface area contributed by atoms with Crippen molar-refractivity contribution in [3.8, 4) is 22.9 Å². The number of carbonyl (C=O) groups excluding carboxylic acids is 2. The molecule has 2 aromatic heterocycles. The fourth-order valence-electron chi connectivity index (χ4n) is 2.75. The molecular formula is C22H17N5O3. The summed E-state index contributed by atoms with van der Waals surface area (Å²) in [4.78, 5) is 28.1. The lowest BCUT2D eigenvalue weighted by Crippen LogP contribution is -2.41. The smallest absolute Gasteiger partial charge is 0.288 e. The third kappa shape index (κ3) is 4.22. The van der Waals surface area contributed by atoms with Crippen LogP contribution in [0.25, 0.3) is 22.9 Å². The van der Waals surface area contributed by atoms with E-state index < -0.39 is 11.8 Å². The van der Waals surface area contributed by atoms with Crippen LogP contribution in [0.3, 0.4) is 0 Å². The molecule has 8 heteroatoms. The van der Waals surface area contributed by atoms with Gasteiger partial charge in [-0.1, -0.05) is 23.8 Å². The summed E-state index contributed by atoms with van der Waals surface area (Å²) in [6.45, 7) is 1.99. The van der Waals surface area contributed by atoms with Crippen molar-refractivity contribution in [2.24, 2.45) is 0 Å². The molecule has 0 saturated heterocycles. The van der Waals surface area contributed by atoms with E-state index in [-0.39, 0.29) is 5.69 Å². The number of nitrogens with one attached hydrogen (secondary N) is 2. The number of hydrogen-bond donors (Lipinski definition) is 2. The van der Waals surface area contributed by atoms with Gasteiger partial charge in [0.1, 0.15) is 5.69 Å². The molecule has 0 fully saturated rings. The molecule has 4 aromatic rings. The molecule has 2 N–H and O–H groups in total. The van der Waals surface area contributed by atoms with E-state index in [1.54, 1.807) is 42.5 Å². The molecule has 0 unspecified atom stereocenters. The summed E-state index contributed by atoms with van der Waals surface area (Å²) in [5.41, 5.74) is 7.86. The van der Waals surface area contributed by atoms with Crippen molar-refractivity contribution >= 4 is 11.8 Å². The third-order valence-corrected chi connectivity index (χ3v) is 4.27. The molecule has 0 aliphatic rings. The highest BCUT2D eigenvalue weighted by Crippen LogP contribution is 2.24. The third-order valence-electron chi connectivity index (χ3n) is 4.27. The molecule has 0 bridgehead atoms. The first-order chi connectivity index (χ1) is 14.6. The van der Waals surface area contributed by atoms with Crippen molar-refractivity contribution in [3.63, 3.8) is 0 Å². The van der Waals surface area contributed by atoms with Crippen LogP contribution in [0.4, 0.5) is 0 Å². The van der Waals surface area contributed by atoms with E-state index in [2.05, 4.69) is 26.0 Å². The standard InChI is InChI=1S/C22H17N5O3/c1-14-5-4-6-17(13-14)22-27-26-21(30-22)16-10-8-15(9-11-16)19(28)24-25-20(29)18-7-2-3-12-23-18/h2-13H,1H3,(H,24,28)(H,25,29). The SMILES string of the molecule is Cc1cccc(-c2nnc(-c3ccc(C(=O)NNC(=O)c4ccccn4)cc3)o2)c1. The molecule has 0 spiro atoms. The summed E-state index contributed by atoms with van der Waals surface area (Å²) in [7, 11) is 0. The minimum absolute atomic E-state index is 0.203. The molecule has 4 rings (SSSR count). The van der Waals surface area contributed by atoms with Crippen molar-refractivity contribution < 1.29 is 14.0 Å². The van der Waals surface area contributed by atoms with Crippen molar-refractivity contribution in [1.82, 2.24) is 26.0 Å². The van der Waals surface area contributed by atoms with E-state index in [9.17, 15) is 9.59 Å². The monoisotopic (exact) mass is 399 g/mol. The second kappa shape index (κ2) is 8.36. The average molecular weight is 399 g/mol. The normalized spacial score (nSPS) is 10.4. The first-order valence-corrected chi connectivity index (χ1v) is 9.13. The van der Waals surface area contributed by atoms with Gasteiger partial charge in [-0.15, -0.1) is 10.2 Å². The Balaban J connectivity index is 1.42. The molecule has 148 valence electrons. The van der Waals surface area contributed by atoms with Crippen LogP contribution in [-0.2, 0) is 0 Å². The Kier molecular flexibility index (Phi) is 5.29. The molecule has 2 amide bonds. The van der Waals surface area contributed by atoms with Crippen molar-refractivity contribution in [2.45, 2.75) is 6.92 Å². The molecule has 2 aromatic carbocycles. The Labute approximate surface area is 172 Å². The fourth-order valence-corrected chi connectivity index (χ4v) is 2.75. The summed E-state index contributed by atoms with van der Waals surface area (Å²) in [5, 5.41) is 8.17. The van der Waals surface area contributed by atoms with Gasteiger partial charge in [0.15, 0.2) is 0 Å². The van der Waals surface area contributed by atoms with Crippen molar-refractivity contribution in [2.75, 3.05) is 0 Å². The molecule has 0 saturated carbocycles. The Morgan fingerprint density at radius 2 is 1.53 bits per heavy atom.